The van der Waals surface area contributed by atoms with Crippen molar-refractivity contribution in [1.29, 1.82) is 0 Å². The lowest BCUT2D eigenvalue weighted by atomic mass is 9.95. The Kier molecular flexibility index (Phi) is 4.93. The van der Waals surface area contributed by atoms with E-state index >= 15 is 0 Å². The lowest BCUT2D eigenvalue weighted by Crippen LogP contribution is -2.06. The molecule has 30 heavy (non-hydrogen) atoms. The highest BCUT2D eigenvalue weighted by Gasteiger charge is 2.24. The first-order valence-electron chi connectivity index (χ1n) is 10.4. The van der Waals surface area contributed by atoms with Gasteiger partial charge in [-0.25, -0.2) is 9.97 Å². The maximum Gasteiger partial charge on any atom is 0.231 e. The molecule has 1 aliphatic rings. The molecule has 2 aromatic heterocycles. The summed E-state index contributed by atoms with van der Waals surface area (Å²) in [5.74, 6) is 0.807. The molecule has 0 bridgehead atoms. The number of furan rings is 1. The van der Waals surface area contributed by atoms with E-state index in [0.29, 0.717) is 5.71 Å². The molecule has 5 rings (SSSR count). The zero-order valence-electron chi connectivity index (χ0n) is 17.1. The molecule has 2 aromatic carbocycles. The molecule has 0 saturated carbocycles. The molecular weight excluding hydrogens is 372 g/mol. The van der Waals surface area contributed by atoms with Crippen molar-refractivity contribution in [2.75, 3.05) is 6.61 Å². The van der Waals surface area contributed by atoms with E-state index in [2.05, 4.69) is 59.9 Å². The maximum absolute atomic E-state index is 6.31. The van der Waals surface area contributed by atoms with Crippen molar-refractivity contribution in [3.8, 4) is 22.5 Å². The SMILES string of the molecule is C=C(CC1CCCO1)c1ncnc2oc(-c3ccccc3)c(-c3ccc(C)cc3)c12. The summed E-state index contributed by atoms with van der Waals surface area (Å²) in [4.78, 5) is 9.09. The number of aromatic nitrogens is 2. The smallest absolute Gasteiger partial charge is 0.231 e. The van der Waals surface area contributed by atoms with E-state index in [9.17, 15) is 0 Å². The summed E-state index contributed by atoms with van der Waals surface area (Å²) in [7, 11) is 0. The molecule has 1 saturated heterocycles. The third-order valence-corrected chi connectivity index (χ3v) is 5.70. The Labute approximate surface area is 176 Å². The van der Waals surface area contributed by atoms with Crippen molar-refractivity contribution in [3.05, 3.63) is 78.8 Å². The average molecular weight is 396 g/mol. The molecule has 0 amide bonds. The average Bonchev–Trinajstić information content (AvgIpc) is 3.42. The van der Waals surface area contributed by atoms with Crippen molar-refractivity contribution >= 4 is 16.7 Å². The fourth-order valence-electron chi connectivity index (χ4n) is 4.17. The van der Waals surface area contributed by atoms with Crippen molar-refractivity contribution < 1.29 is 9.15 Å². The molecule has 1 atom stereocenters. The second-order valence-electron chi connectivity index (χ2n) is 7.88. The second kappa shape index (κ2) is 7.88. The predicted molar refractivity (Wildman–Crippen MR) is 120 cm³/mol. The zero-order chi connectivity index (χ0) is 20.5. The van der Waals surface area contributed by atoms with Crippen LogP contribution in [0.15, 0.2) is 71.9 Å². The minimum atomic E-state index is 0.214. The third-order valence-electron chi connectivity index (χ3n) is 5.70. The van der Waals surface area contributed by atoms with Crippen LogP contribution in [0.1, 0.15) is 30.5 Å². The Bertz CT molecular complexity index is 1190. The summed E-state index contributed by atoms with van der Waals surface area (Å²) in [5, 5.41) is 0.920. The van der Waals surface area contributed by atoms with Crippen LogP contribution in [0.2, 0.25) is 0 Å². The summed E-state index contributed by atoms with van der Waals surface area (Å²) in [6.07, 6.45) is 4.72. The highest BCUT2D eigenvalue weighted by atomic mass is 16.5. The van der Waals surface area contributed by atoms with Crippen LogP contribution in [0.4, 0.5) is 0 Å². The quantitative estimate of drug-likeness (QED) is 0.389. The molecule has 0 spiro atoms. The maximum atomic E-state index is 6.31. The number of ether oxygens (including phenoxy) is 1. The molecule has 3 heterocycles. The van der Waals surface area contributed by atoms with Gasteiger partial charge in [-0.1, -0.05) is 66.7 Å². The minimum Gasteiger partial charge on any atom is -0.437 e. The van der Waals surface area contributed by atoms with E-state index in [1.165, 1.54) is 5.56 Å². The van der Waals surface area contributed by atoms with E-state index < -0.39 is 0 Å². The molecule has 4 nitrogen and oxygen atoms in total. The lowest BCUT2D eigenvalue weighted by molar-refractivity contribution is 0.115. The van der Waals surface area contributed by atoms with Gasteiger partial charge in [0.1, 0.15) is 12.1 Å². The molecule has 0 radical (unpaired) electrons. The van der Waals surface area contributed by atoms with Crippen LogP contribution in [0.5, 0.6) is 0 Å². The molecule has 150 valence electrons. The van der Waals surface area contributed by atoms with Crippen molar-refractivity contribution in [3.63, 3.8) is 0 Å². The Hall–Kier alpha value is -3.24. The van der Waals surface area contributed by atoms with Crippen LogP contribution in [0.3, 0.4) is 0 Å². The second-order valence-corrected chi connectivity index (χ2v) is 7.88. The van der Waals surface area contributed by atoms with Crippen LogP contribution in [0, 0.1) is 6.92 Å². The number of nitrogens with zero attached hydrogens (tertiary/aromatic N) is 2. The van der Waals surface area contributed by atoms with Gasteiger partial charge in [0.05, 0.1) is 17.2 Å². The number of fused-ring (bicyclic) bond motifs is 1. The van der Waals surface area contributed by atoms with Gasteiger partial charge in [0, 0.05) is 24.2 Å². The van der Waals surface area contributed by atoms with Gasteiger partial charge in [-0.3, -0.25) is 0 Å². The zero-order valence-corrected chi connectivity index (χ0v) is 17.1. The van der Waals surface area contributed by atoms with E-state index in [-0.39, 0.29) is 6.10 Å². The van der Waals surface area contributed by atoms with Gasteiger partial charge in [-0.05, 0) is 30.9 Å². The first-order chi connectivity index (χ1) is 14.7. The van der Waals surface area contributed by atoms with Crippen LogP contribution in [-0.4, -0.2) is 22.7 Å². The van der Waals surface area contributed by atoms with Gasteiger partial charge in [0.25, 0.3) is 0 Å². The summed E-state index contributed by atoms with van der Waals surface area (Å²) in [6.45, 7) is 7.28. The summed E-state index contributed by atoms with van der Waals surface area (Å²) >= 11 is 0. The number of aryl methyl sites for hydroxylation is 1. The molecule has 0 N–H and O–H groups in total. The standard InChI is InChI=1S/C26H24N2O2/c1-17-10-12-19(13-11-17)22-23-24(18(2)15-21-9-6-14-29-21)27-16-28-26(23)30-25(22)20-7-4-3-5-8-20/h3-5,7-8,10-13,16,21H,2,6,9,14-15H2,1H3. The van der Waals surface area contributed by atoms with Crippen LogP contribution >= 0.6 is 0 Å². The summed E-state index contributed by atoms with van der Waals surface area (Å²) < 4.78 is 12.1. The first-order valence-corrected chi connectivity index (χ1v) is 10.4. The highest BCUT2D eigenvalue weighted by Crippen LogP contribution is 2.43. The fourth-order valence-corrected chi connectivity index (χ4v) is 4.17. The summed E-state index contributed by atoms with van der Waals surface area (Å²) in [6, 6.07) is 18.7. The number of benzene rings is 2. The van der Waals surface area contributed by atoms with E-state index in [1.54, 1.807) is 6.33 Å². The monoisotopic (exact) mass is 396 g/mol. The Morgan fingerprint density at radius 3 is 2.57 bits per heavy atom. The van der Waals surface area contributed by atoms with Crippen molar-refractivity contribution in [2.45, 2.75) is 32.3 Å². The first kappa shape index (κ1) is 18.8. The fraction of sp³-hybridized carbons (Fsp3) is 0.231. The Balaban J connectivity index is 1.72. The molecule has 1 fully saturated rings. The van der Waals surface area contributed by atoms with Crippen LogP contribution in [-0.2, 0) is 4.74 Å². The Morgan fingerprint density at radius 2 is 1.83 bits per heavy atom. The van der Waals surface area contributed by atoms with Crippen molar-refractivity contribution in [2.24, 2.45) is 0 Å². The molecule has 4 aromatic rings. The molecule has 0 aliphatic carbocycles. The van der Waals surface area contributed by atoms with Gasteiger partial charge in [0.15, 0.2) is 0 Å². The normalized spacial score (nSPS) is 16.2. The molecule has 1 unspecified atom stereocenters. The highest BCUT2D eigenvalue weighted by molar-refractivity contribution is 6.05. The number of hydrogen-bond donors (Lipinski definition) is 0. The van der Waals surface area contributed by atoms with Crippen LogP contribution < -0.4 is 0 Å². The van der Waals surface area contributed by atoms with E-state index in [4.69, 9.17) is 9.15 Å². The van der Waals surface area contributed by atoms with Gasteiger partial charge in [-0.15, -0.1) is 0 Å². The van der Waals surface area contributed by atoms with Gasteiger partial charge in [0.2, 0.25) is 5.71 Å². The van der Waals surface area contributed by atoms with E-state index in [1.807, 2.05) is 18.2 Å². The largest absolute Gasteiger partial charge is 0.437 e. The third kappa shape index (κ3) is 3.44. The van der Waals surface area contributed by atoms with Gasteiger partial charge in [-0.2, -0.15) is 0 Å². The van der Waals surface area contributed by atoms with Crippen LogP contribution in [0.25, 0.3) is 39.1 Å². The number of hydrogen-bond acceptors (Lipinski definition) is 4. The number of rotatable bonds is 5. The molecule has 1 aliphatic heterocycles. The van der Waals surface area contributed by atoms with E-state index in [0.717, 1.165) is 65.0 Å². The summed E-state index contributed by atoms with van der Waals surface area (Å²) in [5.41, 5.74) is 6.72. The lowest BCUT2D eigenvalue weighted by Gasteiger charge is -2.12. The minimum absolute atomic E-state index is 0.214. The van der Waals surface area contributed by atoms with Gasteiger partial charge >= 0.3 is 0 Å². The predicted octanol–water partition coefficient (Wildman–Crippen LogP) is 6.45. The molecular formula is C26H24N2O2. The van der Waals surface area contributed by atoms with Crippen molar-refractivity contribution in [1.82, 2.24) is 9.97 Å². The topological polar surface area (TPSA) is 48.2 Å². The Morgan fingerprint density at radius 1 is 1.03 bits per heavy atom. The van der Waals surface area contributed by atoms with Gasteiger partial charge < -0.3 is 9.15 Å². The molecule has 4 heteroatoms.